The van der Waals surface area contributed by atoms with Crippen LogP contribution in [0.25, 0.3) is 16.8 Å². The van der Waals surface area contributed by atoms with Crippen molar-refractivity contribution in [2.24, 2.45) is 24.3 Å². The fourth-order valence-corrected chi connectivity index (χ4v) is 9.40. The molecule has 0 saturated heterocycles. The zero-order valence-corrected chi connectivity index (χ0v) is 46.7. The van der Waals surface area contributed by atoms with Crippen molar-refractivity contribution in [3.8, 4) is 22.6 Å². The number of benzene rings is 2. The maximum atomic E-state index is 15.6. The molecule has 0 spiro atoms. The first-order valence-corrected chi connectivity index (χ1v) is 26.7. The van der Waals surface area contributed by atoms with E-state index in [4.69, 9.17) is 23.7 Å². The minimum atomic E-state index is -1.48. The molecule has 6 atom stereocenters. The highest BCUT2D eigenvalue weighted by atomic mass is 19.2. The number of carboxylic acid groups (broad SMARTS) is 1. The lowest BCUT2D eigenvalue weighted by Crippen LogP contribution is -2.53. The maximum Gasteiger partial charge on any atom is 0.410 e. The highest BCUT2D eigenvalue weighted by Crippen LogP contribution is 2.38. The van der Waals surface area contributed by atoms with Gasteiger partial charge in [-0.15, -0.1) is 0 Å². The van der Waals surface area contributed by atoms with E-state index in [1.807, 2.05) is 27.7 Å². The topological polar surface area (TPSA) is 295 Å². The summed E-state index contributed by atoms with van der Waals surface area (Å²) in [4.78, 5) is 81.5. The van der Waals surface area contributed by atoms with Crippen LogP contribution in [0.1, 0.15) is 81.3 Å². The number of fused-ring (bicyclic) bond motifs is 1. The van der Waals surface area contributed by atoms with Gasteiger partial charge >= 0.3 is 12.1 Å². The first-order chi connectivity index (χ1) is 38.9. The number of anilines is 1. The molecule has 0 radical (unpaired) electrons. The number of imide groups is 1. The van der Waals surface area contributed by atoms with Crippen LogP contribution < -0.4 is 20.1 Å². The number of aliphatic hydroxyl groups excluding tert-OH is 3. The fourth-order valence-electron chi connectivity index (χ4n) is 9.40. The SMILES string of the molecule is Cc1c(CCOc2c(-c3ccc4ncc(CN(C)C(=O)OCc5ccc(O[C@@H]6C[C@H](C(=O)O)[C@@H](C)[C@H](O)[C@H]6O)c(NC(=O)CCNC(=O)CCOCCOCCN6C(=O)C=CC6=O)c5)n4c3)ccc(F)c2F)c(C(O)C(C)(C)C)nn1C. The molecule has 7 rings (SSSR count). The number of imidazole rings is 1. The Labute approximate surface area is 471 Å². The predicted octanol–water partition coefficient (Wildman–Crippen LogP) is 4.79. The minimum absolute atomic E-state index is 0.00970. The fraction of sp³-hybridized carbons (Fsp3) is 0.474. The van der Waals surface area contributed by atoms with Crippen molar-refractivity contribution in [3.63, 3.8) is 0 Å². The van der Waals surface area contributed by atoms with Crippen LogP contribution in [-0.4, -0.2) is 157 Å². The molecular formula is C57H70F2N8O15. The second-order valence-corrected chi connectivity index (χ2v) is 21.3. The Kier molecular flexibility index (Phi) is 20.6. The van der Waals surface area contributed by atoms with Crippen molar-refractivity contribution in [2.45, 2.75) is 97.9 Å². The van der Waals surface area contributed by atoms with Crippen molar-refractivity contribution < 1.29 is 81.7 Å². The number of nitrogens with one attached hydrogen (secondary N) is 2. The molecule has 1 aliphatic heterocycles. The van der Waals surface area contributed by atoms with E-state index in [1.54, 1.807) is 40.7 Å². The van der Waals surface area contributed by atoms with Gasteiger partial charge in [-0.05, 0) is 60.2 Å². The zero-order chi connectivity index (χ0) is 59.6. The van der Waals surface area contributed by atoms with Crippen LogP contribution in [0.15, 0.2) is 67.0 Å². The summed E-state index contributed by atoms with van der Waals surface area (Å²) in [6.45, 7) is 9.15. The number of pyridine rings is 1. The molecule has 2 aromatic carbocycles. The van der Waals surface area contributed by atoms with Gasteiger partial charge in [0.15, 0.2) is 11.6 Å². The molecule has 1 fully saturated rings. The molecule has 4 heterocycles. The van der Waals surface area contributed by atoms with Crippen LogP contribution in [0.4, 0.5) is 19.3 Å². The molecule has 25 heteroatoms. The zero-order valence-electron chi connectivity index (χ0n) is 46.7. The number of nitrogens with zero attached hydrogens (tertiary/aromatic N) is 6. The summed E-state index contributed by atoms with van der Waals surface area (Å²) >= 11 is 0. The van der Waals surface area contributed by atoms with Crippen LogP contribution in [0.2, 0.25) is 0 Å². The third-order valence-corrected chi connectivity index (χ3v) is 14.4. The van der Waals surface area contributed by atoms with Gasteiger partial charge in [0.2, 0.25) is 17.6 Å². The number of aryl methyl sites for hydroxylation is 1. The number of carboxylic acids is 1. The third kappa shape index (κ3) is 15.2. The van der Waals surface area contributed by atoms with Crippen molar-refractivity contribution in [1.29, 1.82) is 0 Å². The lowest BCUT2D eigenvalue weighted by atomic mass is 9.75. The number of hydrogen-bond acceptors (Lipinski definition) is 16. The molecule has 5 aromatic rings. The number of ether oxygens (including phenoxy) is 5. The summed E-state index contributed by atoms with van der Waals surface area (Å²) in [5.74, 6) is -7.41. The average molecular weight is 1150 g/mol. The number of carbonyl (C=O) groups excluding carboxylic acids is 5. The normalized spacial score (nSPS) is 18.4. The van der Waals surface area contributed by atoms with Gasteiger partial charge in [-0.2, -0.15) is 9.49 Å². The van der Waals surface area contributed by atoms with Gasteiger partial charge < -0.3 is 64.0 Å². The average Bonchev–Trinajstić information content (AvgIpc) is 3.91. The van der Waals surface area contributed by atoms with E-state index < -0.39 is 89.0 Å². The molecule has 5 amide bonds. The summed E-state index contributed by atoms with van der Waals surface area (Å²) in [5.41, 5.74) is 3.63. The Morgan fingerprint density at radius 3 is 2.35 bits per heavy atom. The first-order valence-electron chi connectivity index (χ1n) is 26.7. The van der Waals surface area contributed by atoms with Crippen molar-refractivity contribution in [3.05, 3.63) is 107 Å². The number of carbonyl (C=O) groups is 6. The molecule has 3 aromatic heterocycles. The number of aromatic nitrogens is 4. The lowest BCUT2D eigenvalue weighted by Gasteiger charge is -2.39. The standard InChI is InChI=1S/C57H70F2N8O15/c1-32-39(55(75)76)27-43(52(73)51(32)72)82-42-12-8-34(26-41(42)62-46(69)16-19-60-45(68)18-21-78-24-25-79-23-20-66-47(70)14-15-48(66)71)31-81-56(77)64(6)30-36-28-61-44-13-9-35(29-67(36)44)38-10-11-40(58)49(59)53(38)80-22-17-37-33(2)65(7)63-50(37)54(74)57(3,4)5/h8-15,26,28-29,32,39,43,51-52,54,72-74H,16-25,27,30-31H2,1-7H3,(H,60,68)(H,62,69)(H,75,76)/t32-,39+,43-,51+,52+,54?/m1/s1. The maximum absolute atomic E-state index is 15.6. The molecule has 1 unspecified atom stereocenters. The number of amides is 5. The largest absolute Gasteiger partial charge is 0.489 e. The molecule has 1 saturated carbocycles. The van der Waals surface area contributed by atoms with E-state index in [2.05, 4.69) is 20.7 Å². The van der Waals surface area contributed by atoms with E-state index in [0.717, 1.165) is 22.2 Å². The number of rotatable bonds is 26. The summed E-state index contributed by atoms with van der Waals surface area (Å²) in [6.07, 6.45) is -0.331. The Bertz CT molecular complexity index is 3160. The minimum Gasteiger partial charge on any atom is -0.489 e. The molecule has 82 heavy (non-hydrogen) atoms. The van der Waals surface area contributed by atoms with Crippen LogP contribution >= 0.6 is 0 Å². The summed E-state index contributed by atoms with van der Waals surface area (Å²) in [6, 6.07) is 10.2. The van der Waals surface area contributed by atoms with Gasteiger partial charge in [0, 0.05) is 87.1 Å². The quantitative estimate of drug-likeness (QED) is 0.0320. The lowest BCUT2D eigenvalue weighted by molar-refractivity contribution is -0.160. The second kappa shape index (κ2) is 27.3. The van der Waals surface area contributed by atoms with E-state index in [0.29, 0.717) is 28.2 Å². The predicted molar refractivity (Wildman–Crippen MR) is 290 cm³/mol. The van der Waals surface area contributed by atoms with Gasteiger partial charge in [-0.3, -0.25) is 33.6 Å². The smallest absolute Gasteiger partial charge is 0.410 e. The van der Waals surface area contributed by atoms with Gasteiger partial charge in [-0.25, -0.2) is 14.2 Å². The van der Waals surface area contributed by atoms with Crippen molar-refractivity contribution in [2.75, 3.05) is 58.5 Å². The van der Waals surface area contributed by atoms with Gasteiger partial charge in [-0.1, -0.05) is 33.8 Å². The molecular weight excluding hydrogens is 1070 g/mol. The molecule has 1 aliphatic carbocycles. The Balaban J connectivity index is 0.963. The Morgan fingerprint density at radius 2 is 1.65 bits per heavy atom. The molecule has 2 aliphatic rings. The first kappa shape index (κ1) is 61.8. The number of halogens is 2. The monoisotopic (exact) mass is 1140 g/mol. The number of hydrogen-bond donors (Lipinski definition) is 6. The molecule has 442 valence electrons. The van der Waals surface area contributed by atoms with Crippen LogP contribution in [0.3, 0.4) is 0 Å². The molecule has 23 nitrogen and oxygen atoms in total. The second-order valence-electron chi connectivity index (χ2n) is 21.3. The van der Waals surface area contributed by atoms with Crippen molar-refractivity contribution in [1.82, 2.24) is 34.3 Å². The van der Waals surface area contributed by atoms with E-state index in [1.165, 1.54) is 55.3 Å². The third-order valence-electron chi connectivity index (χ3n) is 14.4. The summed E-state index contributed by atoms with van der Waals surface area (Å²) < 4.78 is 62.4. The van der Waals surface area contributed by atoms with Crippen molar-refractivity contribution >= 4 is 47.0 Å². The Hall–Kier alpha value is -7.84. The Morgan fingerprint density at radius 1 is 0.927 bits per heavy atom. The van der Waals surface area contributed by atoms with Gasteiger partial charge in [0.25, 0.3) is 11.8 Å². The van der Waals surface area contributed by atoms with Crippen LogP contribution in [0, 0.1) is 35.8 Å². The number of aliphatic carboxylic acids is 1. The highest BCUT2D eigenvalue weighted by molar-refractivity contribution is 6.12. The highest BCUT2D eigenvalue weighted by Gasteiger charge is 2.45. The molecule has 0 bridgehead atoms. The molecule has 6 N–H and O–H groups in total. The van der Waals surface area contributed by atoms with Crippen LogP contribution in [0.5, 0.6) is 11.5 Å². The van der Waals surface area contributed by atoms with Gasteiger partial charge in [0.05, 0.1) is 81.4 Å². The number of aliphatic hydroxyl groups is 3. The van der Waals surface area contributed by atoms with E-state index >= 15 is 4.39 Å². The van der Waals surface area contributed by atoms with E-state index in [9.17, 15) is 53.6 Å². The summed E-state index contributed by atoms with van der Waals surface area (Å²) in [7, 11) is 3.26. The van der Waals surface area contributed by atoms with E-state index in [-0.39, 0.29) is 108 Å². The van der Waals surface area contributed by atoms with Crippen LogP contribution in [-0.2, 0) is 64.8 Å². The van der Waals surface area contributed by atoms with Gasteiger partial charge in [0.1, 0.15) is 36.3 Å². The summed E-state index contributed by atoms with van der Waals surface area (Å²) in [5, 5.41) is 52.5.